The Morgan fingerprint density at radius 2 is 1.85 bits per heavy atom. The molecule has 2 aromatic heterocycles. The van der Waals surface area contributed by atoms with Gasteiger partial charge in [-0.05, 0) is 60.7 Å². The highest BCUT2D eigenvalue weighted by Crippen LogP contribution is 2.43. The van der Waals surface area contributed by atoms with E-state index in [9.17, 15) is 18.4 Å². The Hall–Kier alpha value is -4.71. The van der Waals surface area contributed by atoms with Crippen molar-refractivity contribution >= 4 is 16.6 Å². The van der Waals surface area contributed by atoms with Crippen LogP contribution in [0.1, 0.15) is 42.0 Å². The number of imidazole rings is 1. The lowest BCUT2D eigenvalue weighted by atomic mass is 9.92. The molecule has 0 bridgehead atoms. The normalized spacial score (nSPS) is 13.6. The van der Waals surface area contributed by atoms with Crippen LogP contribution in [0.3, 0.4) is 0 Å². The van der Waals surface area contributed by atoms with Crippen LogP contribution < -0.4 is 10.1 Å². The van der Waals surface area contributed by atoms with Crippen molar-refractivity contribution in [1.29, 1.82) is 5.26 Å². The Morgan fingerprint density at radius 3 is 2.54 bits per heavy atom. The Kier molecular flexibility index (Phi) is 7.14. The van der Waals surface area contributed by atoms with Crippen LogP contribution >= 0.6 is 0 Å². The fraction of sp³-hybridized carbons (Fsp3) is 0.250. The molecule has 0 saturated heterocycles. The highest BCUT2D eigenvalue weighted by Gasteiger charge is 2.33. The Labute approximate surface area is 235 Å². The van der Waals surface area contributed by atoms with Crippen LogP contribution in [-0.2, 0) is 19.3 Å². The van der Waals surface area contributed by atoms with Crippen molar-refractivity contribution in [1.82, 2.24) is 14.1 Å². The minimum absolute atomic E-state index is 0.0461. The van der Waals surface area contributed by atoms with E-state index in [2.05, 4.69) is 20.9 Å². The summed E-state index contributed by atoms with van der Waals surface area (Å²) in [6, 6.07) is 21.7. The number of rotatable bonds is 9. The monoisotopic (exact) mass is 555 g/mol. The summed E-state index contributed by atoms with van der Waals surface area (Å²) in [6.45, 7) is 1.22. The number of fused-ring (bicyclic) bond motifs is 1. The van der Waals surface area contributed by atoms with E-state index in [0.717, 1.165) is 53.2 Å². The zero-order valence-electron chi connectivity index (χ0n) is 22.2. The summed E-state index contributed by atoms with van der Waals surface area (Å²) in [6.07, 6.45) is 4.17. The van der Waals surface area contributed by atoms with Gasteiger partial charge in [0.15, 0.2) is 0 Å². The van der Waals surface area contributed by atoms with E-state index >= 15 is 0 Å². The lowest BCUT2D eigenvalue weighted by molar-refractivity contribution is -0.138. The minimum atomic E-state index is -4.41. The average molecular weight is 556 g/mol. The molecule has 3 aromatic carbocycles. The van der Waals surface area contributed by atoms with E-state index in [-0.39, 0.29) is 18.2 Å². The number of nitrogens with one attached hydrogen (secondary N) is 1. The molecule has 0 atom stereocenters. The van der Waals surface area contributed by atoms with E-state index in [1.807, 2.05) is 53.2 Å². The summed E-state index contributed by atoms with van der Waals surface area (Å²) in [7, 11) is 0. The second-order valence-corrected chi connectivity index (χ2v) is 10.2. The molecule has 41 heavy (non-hydrogen) atoms. The largest absolute Gasteiger partial charge is 0.492 e. The Bertz CT molecular complexity index is 1690. The van der Waals surface area contributed by atoms with Gasteiger partial charge in [0.05, 0.1) is 35.2 Å². The van der Waals surface area contributed by atoms with Crippen molar-refractivity contribution in [2.75, 3.05) is 11.9 Å². The molecule has 1 N–H and O–H groups in total. The first-order valence-corrected chi connectivity index (χ1v) is 13.6. The van der Waals surface area contributed by atoms with Gasteiger partial charge in [-0.2, -0.15) is 18.4 Å². The maximum atomic E-state index is 13.4. The molecule has 0 amide bonds. The second kappa shape index (κ2) is 11.0. The number of anilines is 1. The van der Waals surface area contributed by atoms with Crippen molar-refractivity contribution in [3.05, 3.63) is 102 Å². The maximum Gasteiger partial charge on any atom is 0.416 e. The SMILES string of the molecule is N#Cc1c(-c2ccc(NCc3ccccc3C(F)(F)F)cc2)n(C2CCC2)c2cc(OCCn3ccnc3)ccc12. The predicted molar refractivity (Wildman–Crippen MR) is 151 cm³/mol. The van der Waals surface area contributed by atoms with Gasteiger partial charge in [-0.15, -0.1) is 0 Å². The first kappa shape index (κ1) is 26.5. The number of aromatic nitrogens is 3. The van der Waals surface area contributed by atoms with Gasteiger partial charge in [-0.25, -0.2) is 4.98 Å². The number of nitriles is 1. The van der Waals surface area contributed by atoms with E-state index in [1.165, 1.54) is 12.1 Å². The second-order valence-electron chi connectivity index (χ2n) is 10.2. The van der Waals surface area contributed by atoms with Gasteiger partial charge >= 0.3 is 6.18 Å². The highest BCUT2D eigenvalue weighted by molar-refractivity contribution is 5.95. The van der Waals surface area contributed by atoms with Gasteiger partial charge in [-0.3, -0.25) is 0 Å². The molecule has 1 aliphatic rings. The van der Waals surface area contributed by atoms with E-state index < -0.39 is 11.7 Å². The number of hydrogen-bond donors (Lipinski definition) is 1. The van der Waals surface area contributed by atoms with Crippen molar-refractivity contribution in [2.45, 2.75) is 44.6 Å². The van der Waals surface area contributed by atoms with E-state index in [4.69, 9.17) is 4.74 Å². The van der Waals surface area contributed by atoms with Crippen LogP contribution in [0.2, 0.25) is 0 Å². The van der Waals surface area contributed by atoms with Crippen LogP contribution in [0, 0.1) is 11.3 Å². The third kappa shape index (κ3) is 5.38. The summed E-state index contributed by atoms with van der Waals surface area (Å²) >= 11 is 0. The number of ether oxygens (including phenoxy) is 1. The molecule has 9 heteroatoms. The van der Waals surface area contributed by atoms with Gasteiger partial charge in [0, 0.05) is 42.1 Å². The molecule has 0 radical (unpaired) electrons. The summed E-state index contributed by atoms with van der Waals surface area (Å²) < 4.78 is 50.4. The van der Waals surface area contributed by atoms with Gasteiger partial charge in [0.25, 0.3) is 0 Å². The number of hydrogen-bond acceptors (Lipinski definition) is 4. The third-order valence-corrected chi connectivity index (χ3v) is 7.67. The molecule has 1 saturated carbocycles. The third-order valence-electron chi connectivity index (χ3n) is 7.67. The van der Waals surface area contributed by atoms with Crippen molar-refractivity contribution < 1.29 is 17.9 Å². The molecule has 1 fully saturated rings. The summed E-state index contributed by atoms with van der Waals surface area (Å²) in [5, 5.41) is 14.2. The van der Waals surface area contributed by atoms with Crippen molar-refractivity contribution in [2.24, 2.45) is 0 Å². The summed E-state index contributed by atoms with van der Waals surface area (Å²) in [4.78, 5) is 4.06. The number of alkyl halides is 3. The molecular formula is C32H28F3N5O. The minimum Gasteiger partial charge on any atom is -0.492 e. The molecule has 1 aliphatic carbocycles. The number of benzene rings is 3. The van der Waals surface area contributed by atoms with Crippen LogP contribution in [-0.4, -0.2) is 20.7 Å². The molecule has 0 unspecified atom stereocenters. The number of nitrogens with zero attached hydrogens (tertiary/aromatic N) is 4. The quantitative estimate of drug-likeness (QED) is 0.201. The molecule has 2 heterocycles. The van der Waals surface area contributed by atoms with Crippen LogP contribution in [0.4, 0.5) is 18.9 Å². The first-order chi connectivity index (χ1) is 19.9. The zero-order chi connectivity index (χ0) is 28.4. The van der Waals surface area contributed by atoms with Gasteiger partial charge < -0.3 is 19.2 Å². The topological polar surface area (TPSA) is 67.8 Å². The van der Waals surface area contributed by atoms with E-state index in [1.54, 1.807) is 18.6 Å². The fourth-order valence-electron chi connectivity index (χ4n) is 5.38. The highest BCUT2D eigenvalue weighted by atomic mass is 19.4. The number of halogens is 3. The van der Waals surface area contributed by atoms with Crippen LogP contribution in [0.15, 0.2) is 85.5 Å². The Morgan fingerprint density at radius 1 is 1.05 bits per heavy atom. The molecule has 6 rings (SSSR count). The molecule has 6 nitrogen and oxygen atoms in total. The Balaban J connectivity index is 1.28. The lowest BCUT2D eigenvalue weighted by Crippen LogP contribution is -2.18. The smallest absolute Gasteiger partial charge is 0.416 e. The van der Waals surface area contributed by atoms with E-state index in [0.29, 0.717) is 24.4 Å². The summed E-state index contributed by atoms with van der Waals surface area (Å²) in [5.41, 5.74) is 3.56. The van der Waals surface area contributed by atoms with Gasteiger partial charge in [0.2, 0.25) is 0 Å². The summed E-state index contributed by atoms with van der Waals surface area (Å²) in [5.74, 6) is 0.741. The van der Waals surface area contributed by atoms with Gasteiger partial charge in [0.1, 0.15) is 18.4 Å². The molecule has 0 aliphatic heterocycles. The van der Waals surface area contributed by atoms with Crippen molar-refractivity contribution in [3.63, 3.8) is 0 Å². The van der Waals surface area contributed by atoms with Gasteiger partial charge in [-0.1, -0.05) is 30.3 Å². The lowest BCUT2D eigenvalue weighted by Gasteiger charge is -2.30. The van der Waals surface area contributed by atoms with Crippen molar-refractivity contribution in [3.8, 4) is 23.1 Å². The fourth-order valence-corrected chi connectivity index (χ4v) is 5.38. The van der Waals surface area contributed by atoms with Crippen LogP contribution in [0.25, 0.3) is 22.2 Å². The maximum absolute atomic E-state index is 13.4. The molecule has 208 valence electrons. The zero-order valence-corrected chi connectivity index (χ0v) is 22.2. The molecule has 5 aromatic rings. The first-order valence-electron chi connectivity index (χ1n) is 13.6. The predicted octanol–water partition coefficient (Wildman–Crippen LogP) is 7.81. The average Bonchev–Trinajstić information content (AvgIpc) is 3.57. The van der Waals surface area contributed by atoms with Crippen LogP contribution in [0.5, 0.6) is 5.75 Å². The molecule has 0 spiro atoms. The standard InChI is InChI=1S/C32H28F3N5O/c33-32(34,35)29-7-2-1-4-23(29)20-38-24-10-8-22(9-11-24)31-28(19-36)27-13-12-26(41-17-16-39-15-14-37-21-39)18-30(27)40(31)25-5-3-6-25/h1-2,4,7-15,18,21,25,38H,3,5-6,16-17,20H2. The molecular weight excluding hydrogens is 527 g/mol.